The second-order valence-corrected chi connectivity index (χ2v) is 5.96. The average molecular weight is 314 g/mol. The van der Waals surface area contributed by atoms with Gasteiger partial charge in [0.05, 0.1) is 0 Å². The predicted molar refractivity (Wildman–Crippen MR) is 89.8 cm³/mol. The van der Waals surface area contributed by atoms with Crippen molar-refractivity contribution in [2.75, 3.05) is 5.32 Å². The molecule has 3 aromatic rings. The first kappa shape index (κ1) is 14.7. The van der Waals surface area contributed by atoms with Gasteiger partial charge in [0.15, 0.2) is 5.76 Å². The van der Waals surface area contributed by atoms with E-state index >= 15 is 0 Å². The number of rotatable bonds is 2. The maximum atomic E-state index is 12.5. The van der Waals surface area contributed by atoms with Gasteiger partial charge >= 0.3 is 0 Å². The highest BCUT2D eigenvalue weighted by Crippen LogP contribution is 2.28. The van der Waals surface area contributed by atoms with Crippen LogP contribution in [0, 0.1) is 20.8 Å². The molecule has 3 rings (SSSR count). The highest BCUT2D eigenvalue weighted by atomic mass is 35.5. The van der Waals surface area contributed by atoms with Gasteiger partial charge in [0, 0.05) is 21.7 Å². The van der Waals surface area contributed by atoms with E-state index in [-0.39, 0.29) is 5.91 Å². The van der Waals surface area contributed by atoms with Crippen molar-refractivity contribution in [3.63, 3.8) is 0 Å². The molecule has 0 radical (unpaired) electrons. The molecule has 22 heavy (non-hydrogen) atoms. The van der Waals surface area contributed by atoms with Crippen molar-refractivity contribution in [2.24, 2.45) is 0 Å². The van der Waals surface area contributed by atoms with Crippen molar-refractivity contribution < 1.29 is 9.21 Å². The minimum Gasteiger partial charge on any atom is -0.451 e. The molecule has 0 bridgehead atoms. The monoisotopic (exact) mass is 313 g/mol. The molecule has 0 saturated carbocycles. The summed E-state index contributed by atoms with van der Waals surface area (Å²) in [5.74, 6) is 0.0613. The third kappa shape index (κ3) is 2.72. The number of hydrogen-bond donors (Lipinski definition) is 1. The smallest absolute Gasteiger partial charge is 0.291 e. The molecule has 1 N–H and O–H groups in total. The predicted octanol–water partition coefficient (Wildman–Crippen LogP) is 5.26. The topological polar surface area (TPSA) is 42.2 Å². The molecule has 4 heteroatoms. The summed E-state index contributed by atoms with van der Waals surface area (Å²) in [7, 11) is 0. The van der Waals surface area contributed by atoms with Gasteiger partial charge < -0.3 is 9.73 Å². The van der Waals surface area contributed by atoms with E-state index in [1.165, 1.54) is 0 Å². The molecule has 112 valence electrons. The fourth-order valence-corrected chi connectivity index (χ4v) is 2.82. The third-order valence-corrected chi connectivity index (χ3v) is 3.82. The SMILES string of the molecule is Cc1cc(C)cc(NC(=O)c2oc3ccc(Cl)cc3c2C)c1. The Hall–Kier alpha value is -2.26. The molecule has 0 atom stereocenters. The number of benzene rings is 2. The maximum Gasteiger partial charge on any atom is 0.291 e. The Morgan fingerprint density at radius 2 is 1.73 bits per heavy atom. The Morgan fingerprint density at radius 3 is 2.41 bits per heavy atom. The van der Waals surface area contributed by atoms with Crippen LogP contribution in [0.1, 0.15) is 27.2 Å². The zero-order chi connectivity index (χ0) is 15.9. The molecular formula is C18H16ClNO2. The number of nitrogens with one attached hydrogen (secondary N) is 1. The lowest BCUT2D eigenvalue weighted by Gasteiger charge is -2.06. The van der Waals surface area contributed by atoms with Crippen LogP contribution in [0.25, 0.3) is 11.0 Å². The van der Waals surface area contributed by atoms with Crippen LogP contribution in [0.15, 0.2) is 40.8 Å². The summed E-state index contributed by atoms with van der Waals surface area (Å²) in [5.41, 5.74) is 4.42. The molecule has 1 amide bonds. The third-order valence-electron chi connectivity index (χ3n) is 3.58. The fraction of sp³-hybridized carbons (Fsp3) is 0.167. The fourth-order valence-electron chi connectivity index (χ4n) is 2.64. The number of aryl methyl sites for hydroxylation is 3. The zero-order valence-electron chi connectivity index (χ0n) is 12.7. The Labute approximate surface area is 133 Å². The van der Waals surface area contributed by atoms with E-state index < -0.39 is 0 Å². The summed E-state index contributed by atoms with van der Waals surface area (Å²) in [6.07, 6.45) is 0. The van der Waals surface area contributed by atoms with E-state index in [4.69, 9.17) is 16.0 Å². The molecule has 0 aliphatic heterocycles. The van der Waals surface area contributed by atoms with Crippen LogP contribution in [0.5, 0.6) is 0 Å². The first-order valence-corrected chi connectivity index (χ1v) is 7.40. The normalized spacial score (nSPS) is 10.9. The van der Waals surface area contributed by atoms with Crippen molar-refractivity contribution in [1.82, 2.24) is 0 Å². The first-order valence-electron chi connectivity index (χ1n) is 7.02. The quantitative estimate of drug-likeness (QED) is 0.701. The van der Waals surface area contributed by atoms with Gasteiger partial charge in [-0.2, -0.15) is 0 Å². The standard InChI is InChI=1S/C18H16ClNO2/c1-10-6-11(2)8-14(7-10)20-18(21)17-12(3)15-9-13(19)4-5-16(15)22-17/h4-9H,1-3H3,(H,20,21). The summed E-state index contributed by atoms with van der Waals surface area (Å²) in [6.45, 7) is 5.85. The Morgan fingerprint density at radius 1 is 1.05 bits per heavy atom. The lowest BCUT2D eigenvalue weighted by Crippen LogP contribution is -2.12. The van der Waals surface area contributed by atoms with Crippen LogP contribution in [0.3, 0.4) is 0 Å². The molecule has 0 unspecified atom stereocenters. The van der Waals surface area contributed by atoms with Gasteiger partial charge in [-0.3, -0.25) is 4.79 Å². The highest BCUT2D eigenvalue weighted by Gasteiger charge is 2.18. The lowest BCUT2D eigenvalue weighted by atomic mass is 10.1. The second-order valence-electron chi connectivity index (χ2n) is 5.53. The number of furan rings is 1. The summed E-state index contributed by atoms with van der Waals surface area (Å²) >= 11 is 6.00. The van der Waals surface area contributed by atoms with Crippen molar-refractivity contribution >= 4 is 34.2 Å². The Bertz CT molecular complexity index is 860. The van der Waals surface area contributed by atoms with Gasteiger partial charge in [0.1, 0.15) is 5.58 Å². The van der Waals surface area contributed by atoms with Gasteiger partial charge in [-0.15, -0.1) is 0 Å². The van der Waals surface area contributed by atoms with E-state index in [0.29, 0.717) is 16.4 Å². The van der Waals surface area contributed by atoms with Crippen LogP contribution < -0.4 is 5.32 Å². The number of anilines is 1. The Balaban J connectivity index is 1.96. The molecule has 3 nitrogen and oxygen atoms in total. The van der Waals surface area contributed by atoms with Crippen molar-refractivity contribution in [3.8, 4) is 0 Å². The molecule has 0 fully saturated rings. The van der Waals surface area contributed by atoms with Crippen molar-refractivity contribution in [3.05, 3.63) is 63.9 Å². The molecule has 2 aromatic carbocycles. The van der Waals surface area contributed by atoms with Gasteiger partial charge in [-0.1, -0.05) is 17.7 Å². The summed E-state index contributed by atoms with van der Waals surface area (Å²) in [6, 6.07) is 11.3. The van der Waals surface area contributed by atoms with Crippen LogP contribution in [0.2, 0.25) is 5.02 Å². The number of halogens is 1. The molecule has 1 aromatic heterocycles. The van der Waals surface area contributed by atoms with E-state index in [0.717, 1.165) is 27.8 Å². The average Bonchev–Trinajstić information content (AvgIpc) is 2.75. The molecule has 0 spiro atoms. The van der Waals surface area contributed by atoms with E-state index in [1.54, 1.807) is 12.1 Å². The van der Waals surface area contributed by atoms with Crippen molar-refractivity contribution in [1.29, 1.82) is 0 Å². The lowest BCUT2D eigenvalue weighted by molar-refractivity contribution is 0.0998. The van der Waals surface area contributed by atoms with Crippen molar-refractivity contribution in [2.45, 2.75) is 20.8 Å². The van der Waals surface area contributed by atoms with Gasteiger partial charge in [-0.25, -0.2) is 0 Å². The minimum atomic E-state index is -0.255. The highest BCUT2D eigenvalue weighted by molar-refractivity contribution is 6.31. The van der Waals surface area contributed by atoms with Crippen LogP contribution in [-0.4, -0.2) is 5.91 Å². The van der Waals surface area contributed by atoms with Gasteiger partial charge in [0.2, 0.25) is 0 Å². The number of amides is 1. The summed E-state index contributed by atoms with van der Waals surface area (Å²) < 4.78 is 5.68. The van der Waals surface area contributed by atoms with Gasteiger partial charge in [0.25, 0.3) is 5.91 Å². The Kier molecular flexibility index (Phi) is 3.67. The van der Waals surface area contributed by atoms with Crippen LogP contribution >= 0.6 is 11.6 Å². The summed E-state index contributed by atoms with van der Waals surface area (Å²) in [5, 5.41) is 4.37. The van der Waals surface area contributed by atoms with Crippen LogP contribution in [-0.2, 0) is 0 Å². The maximum absolute atomic E-state index is 12.5. The van der Waals surface area contributed by atoms with E-state index in [1.807, 2.05) is 39.0 Å². The number of fused-ring (bicyclic) bond motifs is 1. The zero-order valence-corrected chi connectivity index (χ0v) is 13.4. The van der Waals surface area contributed by atoms with E-state index in [9.17, 15) is 4.79 Å². The second kappa shape index (κ2) is 5.50. The molecule has 0 aliphatic carbocycles. The first-order chi connectivity index (χ1) is 10.4. The number of carbonyl (C=O) groups is 1. The molecule has 1 heterocycles. The van der Waals surface area contributed by atoms with Gasteiger partial charge in [-0.05, 0) is 62.2 Å². The minimum absolute atomic E-state index is 0.255. The van der Waals surface area contributed by atoms with Crippen LogP contribution in [0.4, 0.5) is 5.69 Å². The molecule has 0 saturated heterocycles. The molecular weight excluding hydrogens is 298 g/mol. The summed E-state index contributed by atoms with van der Waals surface area (Å²) in [4.78, 5) is 12.5. The molecule has 0 aliphatic rings. The number of carbonyl (C=O) groups excluding carboxylic acids is 1. The largest absolute Gasteiger partial charge is 0.451 e. The number of hydrogen-bond acceptors (Lipinski definition) is 2. The van der Waals surface area contributed by atoms with E-state index in [2.05, 4.69) is 11.4 Å².